The van der Waals surface area contributed by atoms with E-state index >= 15 is 0 Å². The highest BCUT2D eigenvalue weighted by Crippen LogP contribution is 2.12. The van der Waals surface area contributed by atoms with E-state index in [2.05, 4.69) is 5.32 Å². The molecule has 0 saturated carbocycles. The summed E-state index contributed by atoms with van der Waals surface area (Å²) in [5.74, 6) is -0.200. The Morgan fingerprint density at radius 1 is 1.61 bits per heavy atom. The van der Waals surface area contributed by atoms with E-state index in [-0.39, 0.29) is 12.3 Å². The molecule has 18 heavy (non-hydrogen) atoms. The fraction of sp³-hybridized carbons (Fsp3) is 0.500. The van der Waals surface area contributed by atoms with Gasteiger partial charge in [0.2, 0.25) is 5.91 Å². The lowest BCUT2D eigenvalue weighted by atomic mass is 10.1. The van der Waals surface area contributed by atoms with E-state index in [4.69, 9.17) is 9.52 Å². The second kappa shape index (κ2) is 5.68. The van der Waals surface area contributed by atoms with Gasteiger partial charge in [-0.1, -0.05) is 0 Å². The van der Waals surface area contributed by atoms with Crippen LogP contribution in [0.5, 0.6) is 0 Å². The minimum absolute atomic E-state index is 0.00199. The maximum absolute atomic E-state index is 12.1. The molecule has 0 aromatic carbocycles. The molecule has 2 rings (SSSR count). The van der Waals surface area contributed by atoms with Gasteiger partial charge in [-0.2, -0.15) is 0 Å². The van der Waals surface area contributed by atoms with Crippen molar-refractivity contribution in [2.75, 3.05) is 13.1 Å². The summed E-state index contributed by atoms with van der Waals surface area (Å²) in [5.41, 5.74) is 0. The number of carboxylic acids is 1. The number of carbonyl (C=O) groups excluding carboxylic acids is 1. The Morgan fingerprint density at radius 3 is 3.11 bits per heavy atom. The highest BCUT2D eigenvalue weighted by molar-refractivity contribution is 5.83. The Hall–Kier alpha value is -1.82. The Labute approximate surface area is 105 Å². The second-order valence-electron chi connectivity index (χ2n) is 4.28. The van der Waals surface area contributed by atoms with E-state index in [1.54, 1.807) is 17.2 Å². The molecular formula is C12H16N2O4. The van der Waals surface area contributed by atoms with Crippen LogP contribution < -0.4 is 5.32 Å². The molecule has 2 heterocycles. The van der Waals surface area contributed by atoms with Crippen molar-refractivity contribution < 1.29 is 19.1 Å². The topological polar surface area (TPSA) is 82.8 Å². The quantitative estimate of drug-likeness (QED) is 0.794. The van der Waals surface area contributed by atoms with Gasteiger partial charge in [0.15, 0.2) is 0 Å². The van der Waals surface area contributed by atoms with Crippen molar-refractivity contribution in [1.29, 1.82) is 0 Å². The molecule has 0 radical (unpaired) electrons. The molecule has 1 saturated heterocycles. The maximum Gasteiger partial charge on any atom is 0.303 e. The highest BCUT2D eigenvalue weighted by atomic mass is 16.4. The van der Waals surface area contributed by atoms with Crippen LogP contribution >= 0.6 is 0 Å². The number of hydrogen-bond acceptors (Lipinski definition) is 4. The first-order valence-corrected chi connectivity index (χ1v) is 5.93. The SMILES string of the molecule is O=C(O)CCC1NCCN(Cc2ccco2)C1=O. The van der Waals surface area contributed by atoms with Crippen molar-refractivity contribution in [2.24, 2.45) is 0 Å². The molecule has 1 aromatic heterocycles. The molecule has 0 bridgehead atoms. The Morgan fingerprint density at radius 2 is 2.44 bits per heavy atom. The molecule has 2 N–H and O–H groups in total. The normalized spacial score (nSPS) is 20.1. The number of hydrogen-bond donors (Lipinski definition) is 2. The van der Waals surface area contributed by atoms with E-state index in [9.17, 15) is 9.59 Å². The van der Waals surface area contributed by atoms with Gasteiger partial charge in [0.25, 0.3) is 0 Å². The van der Waals surface area contributed by atoms with Crippen molar-refractivity contribution in [3.8, 4) is 0 Å². The summed E-state index contributed by atoms with van der Waals surface area (Å²) in [7, 11) is 0. The predicted molar refractivity (Wildman–Crippen MR) is 62.8 cm³/mol. The summed E-state index contributed by atoms with van der Waals surface area (Å²) < 4.78 is 5.21. The minimum atomic E-state index is -0.882. The summed E-state index contributed by atoms with van der Waals surface area (Å²) in [6, 6.07) is 3.20. The summed E-state index contributed by atoms with van der Waals surface area (Å²) in [4.78, 5) is 24.3. The lowest BCUT2D eigenvalue weighted by molar-refractivity contribution is -0.139. The molecule has 1 aliphatic heterocycles. The van der Waals surface area contributed by atoms with Crippen LogP contribution in [0.25, 0.3) is 0 Å². The molecule has 1 aliphatic rings. The summed E-state index contributed by atoms with van der Waals surface area (Å²) in [5, 5.41) is 11.7. The van der Waals surface area contributed by atoms with Crippen LogP contribution in [0.4, 0.5) is 0 Å². The van der Waals surface area contributed by atoms with Crippen LogP contribution in [-0.2, 0) is 16.1 Å². The Balaban J connectivity index is 1.92. The molecular weight excluding hydrogens is 236 g/mol. The van der Waals surface area contributed by atoms with Gasteiger partial charge in [0, 0.05) is 19.5 Å². The van der Waals surface area contributed by atoms with E-state index in [1.165, 1.54) is 0 Å². The molecule has 6 heteroatoms. The average molecular weight is 252 g/mol. The third-order valence-electron chi connectivity index (χ3n) is 2.96. The molecule has 1 atom stereocenters. The van der Waals surface area contributed by atoms with Gasteiger partial charge in [0.1, 0.15) is 5.76 Å². The van der Waals surface area contributed by atoms with Gasteiger partial charge in [-0.25, -0.2) is 0 Å². The fourth-order valence-electron chi connectivity index (χ4n) is 2.03. The smallest absolute Gasteiger partial charge is 0.303 e. The number of nitrogens with one attached hydrogen (secondary N) is 1. The molecule has 1 unspecified atom stereocenters. The van der Waals surface area contributed by atoms with Crippen LogP contribution in [0.3, 0.4) is 0 Å². The van der Waals surface area contributed by atoms with Crippen LogP contribution in [-0.4, -0.2) is 41.0 Å². The number of carbonyl (C=O) groups is 2. The first-order chi connectivity index (χ1) is 8.66. The van der Waals surface area contributed by atoms with Gasteiger partial charge in [-0.3, -0.25) is 9.59 Å². The maximum atomic E-state index is 12.1. The van der Waals surface area contributed by atoms with E-state index in [0.717, 1.165) is 5.76 Å². The van der Waals surface area contributed by atoms with Crippen LogP contribution in [0, 0.1) is 0 Å². The van der Waals surface area contributed by atoms with Crippen molar-refractivity contribution in [2.45, 2.75) is 25.4 Å². The summed E-state index contributed by atoms with van der Waals surface area (Å²) >= 11 is 0. The van der Waals surface area contributed by atoms with Crippen LogP contribution in [0.15, 0.2) is 22.8 Å². The largest absolute Gasteiger partial charge is 0.481 e. The lowest BCUT2D eigenvalue weighted by Crippen LogP contribution is -2.54. The monoisotopic (exact) mass is 252 g/mol. The van der Waals surface area contributed by atoms with Crippen molar-refractivity contribution in [3.05, 3.63) is 24.2 Å². The number of furan rings is 1. The first-order valence-electron chi connectivity index (χ1n) is 5.93. The number of piperazine rings is 1. The van der Waals surface area contributed by atoms with Gasteiger partial charge < -0.3 is 19.7 Å². The van der Waals surface area contributed by atoms with Gasteiger partial charge in [0.05, 0.1) is 18.8 Å². The molecule has 1 amide bonds. The van der Waals surface area contributed by atoms with Crippen molar-refractivity contribution >= 4 is 11.9 Å². The third kappa shape index (κ3) is 3.10. The van der Waals surface area contributed by atoms with Crippen molar-refractivity contribution in [1.82, 2.24) is 10.2 Å². The molecule has 0 spiro atoms. The molecule has 98 valence electrons. The van der Waals surface area contributed by atoms with Crippen molar-refractivity contribution in [3.63, 3.8) is 0 Å². The van der Waals surface area contributed by atoms with Gasteiger partial charge in [-0.05, 0) is 18.6 Å². The summed E-state index contributed by atoms with van der Waals surface area (Å²) in [6.07, 6.45) is 1.89. The zero-order chi connectivity index (χ0) is 13.0. The fourth-order valence-corrected chi connectivity index (χ4v) is 2.03. The van der Waals surface area contributed by atoms with E-state index in [0.29, 0.717) is 26.1 Å². The Kier molecular flexibility index (Phi) is 3.99. The van der Waals surface area contributed by atoms with Gasteiger partial charge in [-0.15, -0.1) is 0 Å². The van der Waals surface area contributed by atoms with Crippen LogP contribution in [0.1, 0.15) is 18.6 Å². The van der Waals surface area contributed by atoms with E-state index in [1.807, 2.05) is 6.07 Å². The van der Waals surface area contributed by atoms with Gasteiger partial charge >= 0.3 is 5.97 Å². The molecule has 0 aliphatic carbocycles. The van der Waals surface area contributed by atoms with Crippen LogP contribution in [0.2, 0.25) is 0 Å². The number of rotatable bonds is 5. The highest BCUT2D eigenvalue weighted by Gasteiger charge is 2.28. The zero-order valence-electron chi connectivity index (χ0n) is 9.96. The van der Waals surface area contributed by atoms with E-state index < -0.39 is 12.0 Å². The summed E-state index contributed by atoms with van der Waals surface area (Å²) in [6.45, 7) is 1.73. The number of aliphatic carboxylic acids is 1. The predicted octanol–water partition coefficient (Wildman–Crippen LogP) is 0.445. The standard InChI is InChI=1S/C12H16N2O4/c15-11(16)4-3-10-12(17)14(6-5-13-10)8-9-2-1-7-18-9/h1-2,7,10,13H,3-6,8H2,(H,15,16). The third-order valence-corrected chi connectivity index (χ3v) is 2.96. The Bertz CT molecular complexity index is 416. The molecule has 6 nitrogen and oxygen atoms in total. The first kappa shape index (κ1) is 12.6. The average Bonchev–Trinajstić information content (AvgIpc) is 2.83. The molecule has 1 aromatic rings. The number of nitrogens with zero attached hydrogens (tertiary/aromatic N) is 1. The number of amides is 1. The minimum Gasteiger partial charge on any atom is -0.481 e. The zero-order valence-corrected chi connectivity index (χ0v) is 9.96. The molecule has 1 fully saturated rings. The number of carboxylic acid groups (broad SMARTS) is 1. The lowest BCUT2D eigenvalue weighted by Gasteiger charge is -2.32. The second-order valence-corrected chi connectivity index (χ2v) is 4.28.